The third-order valence-electron chi connectivity index (χ3n) is 5.22. The number of nitrogens with zero attached hydrogens (tertiary/aromatic N) is 2. The van der Waals surface area contributed by atoms with Gasteiger partial charge in [0, 0.05) is 29.4 Å². The molecule has 3 aromatic rings. The fraction of sp³-hybridized carbons (Fsp3) is 0.360. The summed E-state index contributed by atoms with van der Waals surface area (Å²) in [5, 5.41) is 7.02. The van der Waals surface area contributed by atoms with Gasteiger partial charge in [0.1, 0.15) is 17.3 Å². The van der Waals surface area contributed by atoms with E-state index in [-0.39, 0.29) is 5.91 Å². The van der Waals surface area contributed by atoms with Crippen molar-refractivity contribution in [3.05, 3.63) is 52.9 Å². The maximum Gasteiger partial charge on any atom is 0.224 e. The van der Waals surface area contributed by atoms with E-state index in [0.29, 0.717) is 17.9 Å². The first-order valence-electron chi connectivity index (χ1n) is 10.7. The van der Waals surface area contributed by atoms with Crippen LogP contribution in [0.15, 0.2) is 34.9 Å². The molecule has 0 spiro atoms. The minimum atomic E-state index is 0.0132. The van der Waals surface area contributed by atoms with E-state index in [0.717, 1.165) is 58.1 Å². The van der Waals surface area contributed by atoms with Crippen LogP contribution in [0.3, 0.4) is 0 Å². The summed E-state index contributed by atoms with van der Waals surface area (Å²) in [5.74, 6) is 2.12. The smallest absolute Gasteiger partial charge is 0.224 e. The normalized spacial score (nSPS) is 11.1. The SMILES string of the molecule is Cc1cc(NC(=O)CCCN(C)C)cc(C)c1Oc1cc(N)cc(-c2c(C)noc2C)c1. The summed E-state index contributed by atoms with van der Waals surface area (Å²) in [5.41, 5.74) is 12.0. The number of nitrogen functional groups attached to an aromatic ring is 1. The molecule has 0 unspecified atom stereocenters. The molecular formula is C25H32N4O3. The summed E-state index contributed by atoms with van der Waals surface area (Å²) in [6.07, 6.45) is 1.31. The van der Waals surface area contributed by atoms with Crippen molar-refractivity contribution in [3.63, 3.8) is 0 Å². The first kappa shape index (κ1) is 23.3. The summed E-state index contributed by atoms with van der Waals surface area (Å²) < 4.78 is 11.5. The molecule has 1 amide bonds. The van der Waals surface area contributed by atoms with Crippen molar-refractivity contribution in [3.8, 4) is 22.6 Å². The van der Waals surface area contributed by atoms with E-state index in [1.807, 2.05) is 66.1 Å². The second kappa shape index (κ2) is 9.87. The number of ether oxygens (including phenoxy) is 1. The molecule has 0 bridgehead atoms. The number of carbonyl (C=O) groups is 1. The highest BCUT2D eigenvalue weighted by Crippen LogP contribution is 2.36. The Hall–Kier alpha value is -3.32. The van der Waals surface area contributed by atoms with Gasteiger partial charge < -0.3 is 25.2 Å². The highest BCUT2D eigenvalue weighted by Gasteiger charge is 2.15. The summed E-state index contributed by atoms with van der Waals surface area (Å²) in [7, 11) is 4.00. The van der Waals surface area contributed by atoms with Gasteiger partial charge in [-0.3, -0.25) is 4.79 Å². The van der Waals surface area contributed by atoms with Crippen LogP contribution in [0.25, 0.3) is 11.1 Å². The zero-order valence-electron chi connectivity index (χ0n) is 19.7. The predicted octanol–water partition coefficient (Wildman–Crippen LogP) is 5.23. The first-order chi connectivity index (χ1) is 15.1. The Bertz CT molecular complexity index is 1080. The minimum Gasteiger partial charge on any atom is -0.457 e. The lowest BCUT2D eigenvalue weighted by molar-refractivity contribution is -0.116. The molecule has 1 aromatic heterocycles. The molecule has 0 aliphatic rings. The van der Waals surface area contributed by atoms with Crippen molar-refractivity contribution in [2.45, 2.75) is 40.5 Å². The molecule has 3 N–H and O–H groups in total. The van der Waals surface area contributed by atoms with Gasteiger partial charge in [0.05, 0.1) is 5.69 Å². The second-order valence-corrected chi connectivity index (χ2v) is 8.49. The summed E-state index contributed by atoms with van der Waals surface area (Å²) in [6, 6.07) is 9.46. The van der Waals surface area contributed by atoms with Crippen LogP contribution in [0, 0.1) is 27.7 Å². The number of hydrogen-bond donors (Lipinski definition) is 2. The molecule has 0 aliphatic heterocycles. The van der Waals surface area contributed by atoms with Crippen molar-refractivity contribution >= 4 is 17.3 Å². The monoisotopic (exact) mass is 436 g/mol. The molecular weight excluding hydrogens is 404 g/mol. The number of amides is 1. The number of rotatable bonds is 8. The van der Waals surface area contributed by atoms with Crippen LogP contribution < -0.4 is 15.8 Å². The van der Waals surface area contributed by atoms with Gasteiger partial charge in [0.15, 0.2) is 0 Å². The van der Waals surface area contributed by atoms with Gasteiger partial charge in [-0.05, 0) is 95.7 Å². The van der Waals surface area contributed by atoms with Gasteiger partial charge in [-0.25, -0.2) is 0 Å². The van der Waals surface area contributed by atoms with Crippen LogP contribution in [0.2, 0.25) is 0 Å². The Kier molecular flexibility index (Phi) is 7.20. The Balaban J connectivity index is 1.79. The lowest BCUT2D eigenvalue weighted by Crippen LogP contribution is -2.17. The second-order valence-electron chi connectivity index (χ2n) is 8.49. The highest BCUT2D eigenvalue weighted by atomic mass is 16.5. The Morgan fingerprint density at radius 2 is 1.78 bits per heavy atom. The average Bonchev–Trinajstić information content (AvgIpc) is 3.02. The zero-order valence-corrected chi connectivity index (χ0v) is 19.7. The molecule has 0 radical (unpaired) electrons. The van der Waals surface area contributed by atoms with Crippen LogP contribution in [0.4, 0.5) is 11.4 Å². The van der Waals surface area contributed by atoms with Crippen LogP contribution in [0.1, 0.15) is 35.4 Å². The molecule has 0 atom stereocenters. The number of aryl methyl sites for hydroxylation is 4. The first-order valence-corrected chi connectivity index (χ1v) is 10.7. The van der Waals surface area contributed by atoms with Crippen molar-refractivity contribution < 1.29 is 14.1 Å². The molecule has 0 saturated carbocycles. The van der Waals surface area contributed by atoms with Gasteiger partial charge in [-0.2, -0.15) is 0 Å². The van der Waals surface area contributed by atoms with Gasteiger partial charge in [-0.15, -0.1) is 0 Å². The van der Waals surface area contributed by atoms with E-state index in [2.05, 4.69) is 15.4 Å². The van der Waals surface area contributed by atoms with E-state index in [1.54, 1.807) is 6.07 Å². The van der Waals surface area contributed by atoms with Crippen LogP contribution >= 0.6 is 0 Å². The molecule has 0 fully saturated rings. The fourth-order valence-corrected chi connectivity index (χ4v) is 3.80. The maximum absolute atomic E-state index is 12.2. The highest BCUT2D eigenvalue weighted by molar-refractivity contribution is 5.91. The predicted molar refractivity (Wildman–Crippen MR) is 128 cm³/mol. The number of hydrogen-bond acceptors (Lipinski definition) is 6. The third-order valence-corrected chi connectivity index (χ3v) is 5.22. The van der Waals surface area contributed by atoms with Crippen LogP contribution in [-0.2, 0) is 4.79 Å². The number of carbonyl (C=O) groups excluding carboxylic acids is 1. The maximum atomic E-state index is 12.2. The standard InChI is InChI=1S/C25H32N4O3/c1-15-10-21(27-23(30)8-7-9-29(5)6)11-16(2)25(15)31-22-13-19(12-20(26)14-22)24-17(3)28-32-18(24)4/h10-14H,7-9,26H2,1-6H3,(H,27,30). The quantitative estimate of drug-likeness (QED) is 0.470. The molecule has 1 heterocycles. The lowest BCUT2D eigenvalue weighted by atomic mass is 10.0. The Morgan fingerprint density at radius 3 is 2.38 bits per heavy atom. The van der Waals surface area contributed by atoms with E-state index in [4.69, 9.17) is 15.0 Å². The number of nitrogens with two attached hydrogens (primary N) is 1. The topological polar surface area (TPSA) is 93.6 Å². The van der Waals surface area contributed by atoms with E-state index in [9.17, 15) is 4.79 Å². The number of benzene rings is 2. The fourth-order valence-electron chi connectivity index (χ4n) is 3.80. The van der Waals surface area contributed by atoms with Crippen molar-refractivity contribution in [2.75, 3.05) is 31.7 Å². The van der Waals surface area contributed by atoms with Gasteiger partial charge in [0.25, 0.3) is 0 Å². The average molecular weight is 437 g/mol. The molecule has 170 valence electrons. The number of aromatic nitrogens is 1. The minimum absolute atomic E-state index is 0.0132. The zero-order chi connectivity index (χ0) is 23.4. The summed E-state index contributed by atoms with van der Waals surface area (Å²) >= 11 is 0. The molecule has 7 nitrogen and oxygen atoms in total. The largest absolute Gasteiger partial charge is 0.457 e. The van der Waals surface area contributed by atoms with Gasteiger partial charge in [-0.1, -0.05) is 5.16 Å². The van der Waals surface area contributed by atoms with Crippen molar-refractivity contribution in [1.82, 2.24) is 10.1 Å². The Labute approximate surface area is 189 Å². The Morgan fingerprint density at radius 1 is 1.09 bits per heavy atom. The molecule has 7 heteroatoms. The molecule has 32 heavy (non-hydrogen) atoms. The molecule has 3 rings (SSSR count). The summed E-state index contributed by atoms with van der Waals surface area (Å²) in [4.78, 5) is 14.3. The van der Waals surface area contributed by atoms with E-state index >= 15 is 0 Å². The number of anilines is 2. The lowest BCUT2D eigenvalue weighted by Gasteiger charge is -2.16. The van der Waals surface area contributed by atoms with Crippen LogP contribution in [-0.4, -0.2) is 36.6 Å². The van der Waals surface area contributed by atoms with Gasteiger partial charge >= 0.3 is 0 Å². The molecule has 0 aliphatic carbocycles. The van der Waals surface area contributed by atoms with Crippen LogP contribution in [0.5, 0.6) is 11.5 Å². The van der Waals surface area contributed by atoms with E-state index < -0.39 is 0 Å². The summed E-state index contributed by atoms with van der Waals surface area (Å²) in [6.45, 7) is 8.59. The van der Waals surface area contributed by atoms with Crippen molar-refractivity contribution in [1.29, 1.82) is 0 Å². The number of nitrogens with one attached hydrogen (secondary N) is 1. The molecule has 2 aromatic carbocycles. The van der Waals surface area contributed by atoms with Crippen molar-refractivity contribution in [2.24, 2.45) is 0 Å². The molecule has 0 saturated heterocycles. The van der Waals surface area contributed by atoms with E-state index in [1.165, 1.54) is 0 Å². The van der Waals surface area contributed by atoms with Gasteiger partial charge in [0.2, 0.25) is 5.91 Å². The third kappa shape index (κ3) is 5.68.